The molecule has 2 unspecified atom stereocenters. The molecule has 0 saturated heterocycles. The van der Waals surface area contributed by atoms with Crippen molar-refractivity contribution in [3.05, 3.63) is 24.3 Å². The van der Waals surface area contributed by atoms with E-state index in [-0.39, 0.29) is 18.4 Å². The summed E-state index contributed by atoms with van der Waals surface area (Å²) in [6, 6.07) is 0. The first-order valence-electron chi connectivity index (χ1n) is 6.54. The molecule has 0 heterocycles. The van der Waals surface area contributed by atoms with Crippen molar-refractivity contribution in [1.82, 2.24) is 0 Å². The zero-order valence-electron chi connectivity index (χ0n) is 12.7. The van der Waals surface area contributed by atoms with Gasteiger partial charge in [-0.15, -0.1) is 0 Å². The molecule has 0 aliphatic rings. The molecule has 0 rings (SSSR count). The molecular weight excluding hydrogens is 296 g/mol. The van der Waals surface area contributed by atoms with Crippen LogP contribution in [0.25, 0.3) is 0 Å². The van der Waals surface area contributed by atoms with Crippen molar-refractivity contribution in [2.24, 2.45) is 0 Å². The average Bonchev–Trinajstić information content (AvgIpc) is 2.44. The van der Waals surface area contributed by atoms with E-state index in [1.165, 1.54) is 13.8 Å². The average molecular weight is 316 g/mol. The molecular formula is C14H20O8. The van der Waals surface area contributed by atoms with Crippen LogP contribution in [0.1, 0.15) is 33.6 Å². The zero-order chi connectivity index (χ0) is 17.3. The van der Waals surface area contributed by atoms with Gasteiger partial charge in [-0.2, -0.15) is 0 Å². The van der Waals surface area contributed by atoms with Crippen LogP contribution in [0.5, 0.6) is 0 Å². The van der Waals surface area contributed by atoms with E-state index >= 15 is 0 Å². The quantitative estimate of drug-likeness (QED) is 0.378. The largest absolute Gasteiger partial charge is 0.433 e. The van der Waals surface area contributed by atoms with Crippen molar-refractivity contribution in [2.75, 3.05) is 0 Å². The third-order valence-electron chi connectivity index (χ3n) is 2.26. The number of ether oxygens (including phenoxy) is 3. The van der Waals surface area contributed by atoms with Gasteiger partial charge in [-0.1, -0.05) is 20.4 Å². The van der Waals surface area contributed by atoms with Crippen LogP contribution in [0.2, 0.25) is 0 Å². The highest BCUT2D eigenvalue weighted by atomic mass is 16.8. The molecule has 0 bridgehead atoms. The number of hydrogen-bond donors (Lipinski definition) is 2. The number of aliphatic hydroxyl groups excluding tert-OH is 1. The van der Waals surface area contributed by atoms with Crippen LogP contribution in [0, 0.1) is 0 Å². The highest BCUT2D eigenvalue weighted by Crippen LogP contribution is 2.16. The standard InChI is InChI=1S/C14H20O8/c1-5-10(15)20-11(16)7-8-12(17)21-14(19,6-2)22-13(18)9(3)4/h7-8,10,15,19H,3,5-6H2,1-2,4H3/b8-7-. The van der Waals surface area contributed by atoms with Crippen molar-refractivity contribution in [2.45, 2.75) is 45.9 Å². The van der Waals surface area contributed by atoms with Crippen molar-refractivity contribution in [1.29, 1.82) is 0 Å². The van der Waals surface area contributed by atoms with Crippen molar-refractivity contribution < 1.29 is 38.8 Å². The summed E-state index contributed by atoms with van der Waals surface area (Å²) >= 11 is 0. The van der Waals surface area contributed by atoms with E-state index in [1.54, 1.807) is 6.92 Å². The Bertz CT molecular complexity index is 467. The number of carbonyl (C=O) groups is 3. The minimum atomic E-state index is -2.47. The predicted molar refractivity (Wildman–Crippen MR) is 73.8 cm³/mol. The molecule has 0 aliphatic heterocycles. The molecule has 2 N–H and O–H groups in total. The maximum Gasteiger partial charge on any atom is 0.373 e. The minimum Gasteiger partial charge on any atom is -0.433 e. The number of rotatable bonds is 8. The van der Waals surface area contributed by atoms with Crippen molar-refractivity contribution in [3.63, 3.8) is 0 Å². The SMILES string of the molecule is C=C(C)C(=O)OC(O)(CC)OC(=O)/C=C\C(=O)OC(O)CC. The highest BCUT2D eigenvalue weighted by Gasteiger charge is 2.34. The van der Waals surface area contributed by atoms with Crippen LogP contribution in [0.3, 0.4) is 0 Å². The van der Waals surface area contributed by atoms with Crippen molar-refractivity contribution in [3.8, 4) is 0 Å². The molecule has 124 valence electrons. The van der Waals surface area contributed by atoms with Crippen LogP contribution in [-0.4, -0.2) is 40.4 Å². The van der Waals surface area contributed by atoms with Crippen LogP contribution < -0.4 is 0 Å². The molecule has 0 aromatic carbocycles. The van der Waals surface area contributed by atoms with Crippen LogP contribution in [0.15, 0.2) is 24.3 Å². The van der Waals surface area contributed by atoms with Gasteiger partial charge in [0.15, 0.2) is 0 Å². The molecule has 0 aliphatic carbocycles. The van der Waals surface area contributed by atoms with Gasteiger partial charge < -0.3 is 24.4 Å². The van der Waals surface area contributed by atoms with Gasteiger partial charge in [-0.05, 0) is 6.92 Å². The Morgan fingerprint density at radius 1 is 1.18 bits per heavy atom. The first-order chi connectivity index (χ1) is 10.1. The molecule has 0 amide bonds. The van der Waals surface area contributed by atoms with Gasteiger partial charge in [0.1, 0.15) is 0 Å². The number of carbonyl (C=O) groups excluding carboxylic acids is 3. The van der Waals surface area contributed by atoms with E-state index in [0.717, 1.165) is 0 Å². The third kappa shape index (κ3) is 7.55. The number of hydrogen-bond acceptors (Lipinski definition) is 8. The fourth-order valence-electron chi connectivity index (χ4n) is 0.981. The minimum absolute atomic E-state index is 0.00981. The molecule has 0 fully saturated rings. The normalized spacial score (nSPS) is 14.8. The summed E-state index contributed by atoms with van der Waals surface area (Å²) in [7, 11) is 0. The molecule has 0 spiro atoms. The first kappa shape index (κ1) is 19.8. The Balaban J connectivity index is 4.63. The second-order valence-electron chi connectivity index (χ2n) is 4.29. The Labute approximate surface area is 128 Å². The van der Waals surface area contributed by atoms with E-state index in [1.807, 2.05) is 0 Å². The van der Waals surface area contributed by atoms with Gasteiger partial charge >= 0.3 is 23.9 Å². The molecule has 0 radical (unpaired) electrons. The Morgan fingerprint density at radius 2 is 1.73 bits per heavy atom. The van der Waals surface area contributed by atoms with Crippen LogP contribution in [-0.2, 0) is 28.6 Å². The molecule has 2 atom stereocenters. The van der Waals surface area contributed by atoms with Gasteiger partial charge in [-0.3, -0.25) is 0 Å². The fraction of sp³-hybridized carbons (Fsp3) is 0.500. The molecule has 8 nitrogen and oxygen atoms in total. The fourth-order valence-corrected chi connectivity index (χ4v) is 0.981. The molecule has 0 aromatic rings. The van der Waals surface area contributed by atoms with E-state index in [2.05, 4.69) is 20.8 Å². The first-order valence-corrected chi connectivity index (χ1v) is 6.54. The van der Waals surface area contributed by atoms with E-state index in [0.29, 0.717) is 12.2 Å². The lowest BCUT2D eigenvalue weighted by Crippen LogP contribution is -2.39. The molecule has 0 aromatic heterocycles. The number of aliphatic hydroxyl groups is 2. The summed E-state index contributed by atoms with van der Waals surface area (Å²) < 4.78 is 13.6. The van der Waals surface area contributed by atoms with Gasteiger partial charge in [0, 0.05) is 24.1 Å². The summed E-state index contributed by atoms with van der Waals surface area (Å²) in [5, 5.41) is 18.9. The Kier molecular flexibility index (Phi) is 8.06. The zero-order valence-corrected chi connectivity index (χ0v) is 12.7. The van der Waals surface area contributed by atoms with E-state index in [9.17, 15) is 19.5 Å². The maximum atomic E-state index is 11.5. The van der Waals surface area contributed by atoms with Gasteiger partial charge in [0.2, 0.25) is 6.29 Å². The van der Waals surface area contributed by atoms with E-state index < -0.39 is 30.2 Å². The van der Waals surface area contributed by atoms with Crippen molar-refractivity contribution >= 4 is 17.9 Å². The lowest BCUT2D eigenvalue weighted by Gasteiger charge is -2.25. The van der Waals surface area contributed by atoms with E-state index in [4.69, 9.17) is 5.11 Å². The monoisotopic (exact) mass is 316 g/mol. The Morgan fingerprint density at radius 3 is 2.18 bits per heavy atom. The molecule has 8 heteroatoms. The lowest BCUT2D eigenvalue weighted by atomic mass is 10.3. The summed E-state index contributed by atoms with van der Waals surface area (Å²) in [4.78, 5) is 34.0. The van der Waals surface area contributed by atoms with Gasteiger partial charge in [-0.25, -0.2) is 14.4 Å². The second-order valence-corrected chi connectivity index (χ2v) is 4.29. The second kappa shape index (κ2) is 8.96. The predicted octanol–water partition coefficient (Wildman–Crippen LogP) is 0.533. The summed E-state index contributed by atoms with van der Waals surface area (Å²) in [5.41, 5.74) is 0.00981. The Hall–Kier alpha value is -2.19. The van der Waals surface area contributed by atoms with Gasteiger partial charge in [0.05, 0.1) is 6.42 Å². The maximum absolute atomic E-state index is 11.5. The van der Waals surface area contributed by atoms with Gasteiger partial charge in [0.25, 0.3) is 0 Å². The molecule has 0 saturated carbocycles. The molecule has 22 heavy (non-hydrogen) atoms. The summed E-state index contributed by atoms with van der Waals surface area (Å²) in [5.74, 6) is -5.51. The highest BCUT2D eigenvalue weighted by molar-refractivity contribution is 5.92. The lowest BCUT2D eigenvalue weighted by molar-refractivity contribution is -0.322. The van der Waals surface area contributed by atoms with Crippen LogP contribution >= 0.6 is 0 Å². The smallest absolute Gasteiger partial charge is 0.373 e. The number of esters is 3. The third-order valence-corrected chi connectivity index (χ3v) is 2.26. The topological polar surface area (TPSA) is 119 Å². The van der Waals surface area contributed by atoms with Crippen LogP contribution in [0.4, 0.5) is 0 Å². The summed E-state index contributed by atoms with van der Waals surface area (Å²) in [6.45, 7) is 7.68. The summed E-state index contributed by atoms with van der Waals surface area (Å²) in [6.07, 6.45) is 0.0519.